The monoisotopic (exact) mass is 547 g/mol. The van der Waals surface area contributed by atoms with Gasteiger partial charge < -0.3 is 20.5 Å². The van der Waals surface area contributed by atoms with E-state index in [1.54, 1.807) is 24.3 Å². The fourth-order valence-corrected chi connectivity index (χ4v) is 4.99. The molecule has 0 bridgehead atoms. The van der Waals surface area contributed by atoms with Crippen molar-refractivity contribution < 1.29 is 32.6 Å². The lowest BCUT2D eigenvalue weighted by molar-refractivity contribution is -0.141. The summed E-state index contributed by atoms with van der Waals surface area (Å²) in [5.41, 5.74) is 1.33. The smallest absolute Gasteiger partial charge is 0.433 e. The largest absolute Gasteiger partial charge is 0.484 e. The van der Waals surface area contributed by atoms with Gasteiger partial charge >= 0.3 is 18.2 Å². The van der Waals surface area contributed by atoms with E-state index in [9.17, 15) is 27.9 Å². The van der Waals surface area contributed by atoms with Gasteiger partial charge in [0.15, 0.2) is 0 Å². The molecule has 7 nitrogen and oxygen atoms in total. The number of pyridine rings is 1. The van der Waals surface area contributed by atoms with Gasteiger partial charge in [0.25, 0.3) is 0 Å². The molecule has 5 rings (SSSR count). The molecule has 3 N–H and O–H groups in total. The quantitative estimate of drug-likeness (QED) is 0.242. The number of halogens is 3. The number of fused-ring (bicyclic) bond motifs is 1. The van der Waals surface area contributed by atoms with Gasteiger partial charge in [0.05, 0.1) is 29.1 Å². The molecule has 4 aromatic rings. The van der Waals surface area contributed by atoms with Gasteiger partial charge in [0.2, 0.25) is 0 Å². The number of anilines is 2. The number of nitrogens with one attached hydrogen (secondary N) is 2. The number of hydrogen-bond donors (Lipinski definition) is 3. The van der Waals surface area contributed by atoms with Crippen molar-refractivity contribution in [2.45, 2.75) is 31.5 Å². The number of amides is 2. The zero-order valence-electron chi connectivity index (χ0n) is 21.4. The van der Waals surface area contributed by atoms with Crippen molar-refractivity contribution in [1.82, 2.24) is 4.98 Å². The Morgan fingerprint density at radius 2 is 1.65 bits per heavy atom. The molecule has 0 saturated heterocycles. The number of carbonyl (C=O) groups excluding carboxylic acids is 1. The lowest BCUT2D eigenvalue weighted by Gasteiger charge is -2.26. The number of benzene rings is 3. The Balaban J connectivity index is 1.57. The first kappa shape index (κ1) is 26.7. The van der Waals surface area contributed by atoms with Crippen molar-refractivity contribution in [2.24, 2.45) is 0 Å². The summed E-state index contributed by atoms with van der Waals surface area (Å²) in [6.45, 7) is 3.85. The molecule has 10 heteroatoms. The molecule has 1 aromatic heterocycles. The van der Waals surface area contributed by atoms with Gasteiger partial charge in [-0.25, -0.2) is 14.6 Å². The summed E-state index contributed by atoms with van der Waals surface area (Å²) >= 11 is 0. The van der Waals surface area contributed by atoms with E-state index >= 15 is 0 Å². The fourth-order valence-electron chi connectivity index (χ4n) is 4.99. The number of ether oxygens (including phenoxy) is 1. The van der Waals surface area contributed by atoms with E-state index in [2.05, 4.69) is 15.6 Å². The molecule has 2 heterocycles. The Bertz CT molecular complexity index is 1590. The molecule has 204 valence electrons. The van der Waals surface area contributed by atoms with Crippen molar-refractivity contribution in [3.8, 4) is 16.9 Å². The SMILES string of the molecule is CC1(C)Oc2c(NC(=O)Nc3ccc(C(F)(F)F)nc3)cc(-c3ccccc3C(=O)O)cc2C1c1ccccc1. The Morgan fingerprint density at radius 1 is 0.950 bits per heavy atom. The normalized spacial score (nSPS) is 15.6. The van der Waals surface area contributed by atoms with Crippen LogP contribution in [0.3, 0.4) is 0 Å². The molecule has 40 heavy (non-hydrogen) atoms. The van der Waals surface area contributed by atoms with E-state index in [1.165, 1.54) is 6.07 Å². The standard InChI is InChI=1S/C30H24F3N3O4/c1-29(2)25(17-8-4-3-5-9-17)22-14-18(20-10-6-7-11-21(20)27(37)38)15-23(26(22)40-29)36-28(39)35-19-12-13-24(34-16-19)30(31,32)33/h3-16,25H,1-2H3,(H,37,38)(H2,35,36,39). The number of rotatable bonds is 5. The first-order chi connectivity index (χ1) is 18.9. The third-order valence-electron chi connectivity index (χ3n) is 6.65. The van der Waals surface area contributed by atoms with Crippen LogP contribution in [0.15, 0.2) is 85.1 Å². The second-order valence-corrected chi connectivity index (χ2v) is 9.85. The summed E-state index contributed by atoms with van der Waals surface area (Å²) in [4.78, 5) is 28.3. The summed E-state index contributed by atoms with van der Waals surface area (Å²) in [6.07, 6.45) is -3.69. The second kappa shape index (κ2) is 10.0. The maximum absolute atomic E-state index is 13.0. The van der Waals surface area contributed by atoms with Gasteiger partial charge in [-0.1, -0.05) is 48.5 Å². The Morgan fingerprint density at radius 3 is 2.30 bits per heavy atom. The highest BCUT2D eigenvalue weighted by Crippen LogP contribution is 2.52. The number of carboxylic acid groups (broad SMARTS) is 1. The van der Waals surface area contributed by atoms with Crippen LogP contribution in [-0.4, -0.2) is 27.7 Å². The summed E-state index contributed by atoms with van der Waals surface area (Å²) in [6, 6.07) is 20.8. The predicted molar refractivity (Wildman–Crippen MR) is 144 cm³/mol. The number of carbonyl (C=O) groups is 2. The van der Waals surface area contributed by atoms with Crippen LogP contribution in [0, 0.1) is 0 Å². The van der Waals surface area contributed by atoms with E-state index in [-0.39, 0.29) is 22.9 Å². The molecule has 2 amide bonds. The molecule has 1 aliphatic rings. The van der Waals surface area contributed by atoms with Gasteiger partial charge in [-0.3, -0.25) is 0 Å². The molecule has 0 fully saturated rings. The Hall–Kier alpha value is -4.86. The van der Waals surface area contributed by atoms with Crippen LogP contribution in [0.5, 0.6) is 5.75 Å². The summed E-state index contributed by atoms with van der Waals surface area (Å²) < 4.78 is 44.9. The average molecular weight is 548 g/mol. The number of urea groups is 1. The average Bonchev–Trinajstić information content (AvgIpc) is 3.19. The zero-order valence-corrected chi connectivity index (χ0v) is 21.4. The second-order valence-electron chi connectivity index (χ2n) is 9.85. The maximum Gasteiger partial charge on any atom is 0.433 e. The van der Waals surface area contributed by atoms with Gasteiger partial charge in [0, 0.05) is 5.56 Å². The molecular weight excluding hydrogens is 523 g/mol. The van der Waals surface area contributed by atoms with Crippen molar-refractivity contribution in [2.75, 3.05) is 10.6 Å². The lowest BCUT2D eigenvalue weighted by Crippen LogP contribution is -2.31. The van der Waals surface area contributed by atoms with E-state index < -0.39 is 29.5 Å². The predicted octanol–water partition coefficient (Wildman–Crippen LogP) is 7.41. The van der Waals surface area contributed by atoms with Gasteiger partial charge in [0.1, 0.15) is 17.0 Å². The lowest BCUT2D eigenvalue weighted by atomic mass is 9.80. The molecule has 1 atom stereocenters. The first-order valence-electron chi connectivity index (χ1n) is 12.3. The highest BCUT2D eigenvalue weighted by molar-refractivity contribution is 6.02. The van der Waals surface area contributed by atoms with Crippen molar-refractivity contribution in [1.29, 1.82) is 0 Å². The molecule has 3 aromatic carbocycles. The highest BCUT2D eigenvalue weighted by Gasteiger charge is 2.44. The van der Waals surface area contributed by atoms with Crippen LogP contribution in [-0.2, 0) is 6.18 Å². The molecule has 1 aliphatic heterocycles. The minimum atomic E-state index is -4.60. The van der Waals surface area contributed by atoms with Crippen molar-refractivity contribution in [3.05, 3.63) is 107 Å². The van der Waals surface area contributed by atoms with Crippen LogP contribution < -0.4 is 15.4 Å². The molecule has 0 spiro atoms. The highest BCUT2D eigenvalue weighted by atomic mass is 19.4. The van der Waals surface area contributed by atoms with Crippen molar-refractivity contribution >= 4 is 23.4 Å². The van der Waals surface area contributed by atoms with Crippen LogP contribution in [0.1, 0.15) is 46.9 Å². The maximum atomic E-state index is 13.0. The topological polar surface area (TPSA) is 101 Å². The third kappa shape index (κ3) is 5.20. The number of aromatic carboxylic acids is 1. The number of carboxylic acids is 1. The Kier molecular flexibility index (Phi) is 6.70. The van der Waals surface area contributed by atoms with Crippen LogP contribution in [0.25, 0.3) is 11.1 Å². The van der Waals surface area contributed by atoms with Gasteiger partial charge in [-0.15, -0.1) is 0 Å². The van der Waals surface area contributed by atoms with E-state index in [1.807, 2.05) is 50.2 Å². The molecule has 0 saturated carbocycles. The fraction of sp³-hybridized carbons (Fsp3) is 0.167. The third-order valence-corrected chi connectivity index (χ3v) is 6.65. The molecular formula is C30H24F3N3O4. The van der Waals surface area contributed by atoms with Crippen LogP contribution in [0.4, 0.5) is 29.3 Å². The molecule has 0 radical (unpaired) electrons. The van der Waals surface area contributed by atoms with E-state index in [0.29, 0.717) is 16.9 Å². The number of alkyl halides is 3. The summed E-state index contributed by atoms with van der Waals surface area (Å²) in [5.74, 6) is -0.936. The number of hydrogen-bond acceptors (Lipinski definition) is 4. The minimum Gasteiger partial charge on any atom is -0.484 e. The van der Waals surface area contributed by atoms with Crippen LogP contribution >= 0.6 is 0 Å². The van der Waals surface area contributed by atoms with Gasteiger partial charge in [-0.2, -0.15) is 13.2 Å². The first-order valence-corrected chi connectivity index (χ1v) is 12.3. The van der Waals surface area contributed by atoms with Crippen molar-refractivity contribution in [3.63, 3.8) is 0 Å². The van der Waals surface area contributed by atoms with E-state index in [0.717, 1.165) is 29.5 Å². The minimum absolute atomic E-state index is 0.0536. The number of nitrogens with zero attached hydrogens (tertiary/aromatic N) is 1. The Labute approximate surface area is 227 Å². The molecule has 1 unspecified atom stereocenters. The molecule has 0 aliphatic carbocycles. The number of aromatic nitrogens is 1. The van der Waals surface area contributed by atoms with E-state index in [4.69, 9.17) is 4.74 Å². The van der Waals surface area contributed by atoms with Gasteiger partial charge in [-0.05, 0) is 60.9 Å². The van der Waals surface area contributed by atoms with Crippen LogP contribution in [0.2, 0.25) is 0 Å². The summed E-state index contributed by atoms with van der Waals surface area (Å²) in [5, 5.41) is 15.0. The zero-order chi connectivity index (χ0) is 28.7. The summed E-state index contributed by atoms with van der Waals surface area (Å²) in [7, 11) is 0.